The summed E-state index contributed by atoms with van der Waals surface area (Å²) in [6, 6.07) is 30.7. The van der Waals surface area contributed by atoms with Crippen molar-refractivity contribution in [3.05, 3.63) is 143 Å². The maximum absolute atomic E-state index is 14.8. The van der Waals surface area contributed by atoms with Crippen LogP contribution in [0.2, 0.25) is 0 Å². The molecule has 1 saturated heterocycles. The van der Waals surface area contributed by atoms with Gasteiger partial charge in [0.1, 0.15) is 29.9 Å². The van der Waals surface area contributed by atoms with Gasteiger partial charge in [0.2, 0.25) is 0 Å². The molecule has 9 heteroatoms. The minimum absolute atomic E-state index is 0.146. The van der Waals surface area contributed by atoms with Gasteiger partial charge in [0, 0.05) is 25.2 Å². The molecule has 0 aromatic heterocycles. The predicted octanol–water partition coefficient (Wildman–Crippen LogP) is 8.10. The minimum Gasteiger partial charge on any atom is -0.462 e. The lowest BCUT2D eigenvalue weighted by Crippen LogP contribution is -2.65. The summed E-state index contributed by atoms with van der Waals surface area (Å²) in [4.78, 5) is 30.9. The highest BCUT2D eigenvalue weighted by Gasteiger charge is 2.48. The van der Waals surface area contributed by atoms with Crippen LogP contribution in [0.5, 0.6) is 0 Å². The summed E-state index contributed by atoms with van der Waals surface area (Å²) >= 11 is 0. The zero-order valence-electron chi connectivity index (χ0n) is 29.1. The van der Waals surface area contributed by atoms with E-state index in [1.807, 2.05) is 97.9 Å². The number of hydrogen-bond donors (Lipinski definition) is 0. The summed E-state index contributed by atoms with van der Waals surface area (Å²) in [7, 11) is 0. The van der Waals surface area contributed by atoms with E-state index in [-0.39, 0.29) is 26.1 Å². The number of halogens is 2. The number of rotatable bonds is 13. The normalized spacial score (nSPS) is 17.7. The molecular weight excluding hydrogens is 638 g/mol. The van der Waals surface area contributed by atoms with E-state index in [9.17, 15) is 18.4 Å². The zero-order chi connectivity index (χ0) is 35.7. The molecule has 0 bridgehead atoms. The van der Waals surface area contributed by atoms with Gasteiger partial charge in [0.15, 0.2) is 0 Å². The van der Waals surface area contributed by atoms with Gasteiger partial charge >= 0.3 is 12.1 Å². The van der Waals surface area contributed by atoms with Crippen LogP contribution in [-0.4, -0.2) is 58.3 Å². The van der Waals surface area contributed by atoms with Gasteiger partial charge in [-0.1, -0.05) is 97.9 Å². The fraction of sp³-hybridized carbons (Fsp3) is 0.366. The fourth-order valence-electron chi connectivity index (χ4n) is 6.48. The number of carbonyl (C=O) groups is 2. The summed E-state index contributed by atoms with van der Waals surface area (Å²) in [5, 5.41) is 0. The Morgan fingerprint density at radius 3 is 1.86 bits per heavy atom. The summed E-state index contributed by atoms with van der Waals surface area (Å²) in [5.41, 5.74) is 2.52. The average molecular weight is 685 g/mol. The molecule has 0 aliphatic carbocycles. The molecule has 1 aliphatic rings. The lowest BCUT2D eigenvalue weighted by atomic mass is 9.91. The number of esters is 1. The lowest BCUT2D eigenvalue weighted by Gasteiger charge is -2.47. The Morgan fingerprint density at radius 2 is 1.36 bits per heavy atom. The zero-order valence-corrected chi connectivity index (χ0v) is 29.1. The minimum atomic E-state index is -0.921. The molecule has 4 aromatic rings. The maximum Gasteiger partial charge on any atom is 0.411 e. The summed E-state index contributed by atoms with van der Waals surface area (Å²) in [6.07, 6.45) is -1.02. The standard InChI is InChI=1S/C41H46F2N2O5/c1-5-35-39(46)49-28-37(45(35)40(47)50-41(2,3)4)38(48-27-31-19-13-8-14-20-31)36(23-32-21-33(42)24-34(43)22-32)44(25-29-15-9-6-10-16-29)26-30-17-11-7-12-18-30/h6-22,24,35-38H,5,23,25-28H2,1-4H3. The first kappa shape index (κ1) is 36.7. The number of morpholine rings is 1. The second-order valence-electron chi connectivity index (χ2n) is 13.7. The van der Waals surface area contributed by atoms with Gasteiger partial charge in [0.25, 0.3) is 0 Å². The van der Waals surface area contributed by atoms with Gasteiger partial charge in [0.05, 0.1) is 18.8 Å². The molecule has 0 spiro atoms. The Hall–Kier alpha value is -4.60. The second kappa shape index (κ2) is 16.9. The van der Waals surface area contributed by atoms with Gasteiger partial charge in [-0.05, 0) is 68.0 Å². The van der Waals surface area contributed by atoms with Crippen LogP contribution in [0, 0.1) is 11.6 Å². The first-order chi connectivity index (χ1) is 24.0. The number of amides is 1. The molecule has 0 N–H and O–H groups in total. The third-order valence-corrected chi connectivity index (χ3v) is 8.69. The molecule has 4 aromatic carbocycles. The van der Waals surface area contributed by atoms with E-state index in [1.165, 1.54) is 17.0 Å². The van der Waals surface area contributed by atoms with Crippen LogP contribution in [-0.2, 0) is 45.1 Å². The molecule has 5 rings (SSSR count). The maximum atomic E-state index is 14.8. The molecule has 4 atom stereocenters. The molecule has 1 amide bonds. The number of ether oxygens (including phenoxy) is 3. The number of benzene rings is 4. The van der Waals surface area contributed by atoms with Gasteiger partial charge < -0.3 is 14.2 Å². The quantitative estimate of drug-likeness (QED) is 0.133. The highest BCUT2D eigenvalue weighted by molar-refractivity contribution is 5.83. The smallest absolute Gasteiger partial charge is 0.411 e. The van der Waals surface area contributed by atoms with Crippen LogP contribution in [0.1, 0.15) is 56.4 Å². The molecule has 4 unspecified atom stereocenters. The van der Waals surface area contributed by atoms with Crippen LogP contribution < -0.4 is 0 Å². The molecule has 1 fully saturated rings. The number of carbonyl (C=O) groups excluding carboxylic acids is 2. The van der Waals surface area contributed by atoms with Gasteiger partial charge in [-0.2, -0.15) is 0 Å². The van der Waals surface area contributed by atoms with Crippen molar-refractivity contribution in [2.45, 2.75) is 90.1 Å². The first-order valence-electron chi connectivity index (χ1n) is 17.1. The Bertz CT molecular complexity index is 1620. The van der Waals surface area contributed by atoms with Crippen molar-refractivity contribution in [3.63, 3.8) is 0 Å². The average Bonchev–Trinajstić information content (AvgIpc) is 3.08. The van der Waals surface area contributed by atoms with Crippen molar-refractivity contribution in [2.24, 2.45) is 0 Å². The summed E-state index contributed by atoms with van der Waals surface area (Å²) < 4.78 is 48.1. The van der Waals surface area contributed by atoms with Crippen molar-refractivity contribution in [2.75, 3.05) is 6.61 Å². The van der Waals surface area contributed by atoms with E-state index in [0.717, 1.165) is 22.8 Å². The highest BCUT2D eigenvalue weighted by Crippen LogP contribution is 2.31. The number of nitrogens with zero attached hydrogens (tertiary/aromatic N) is 2. The third kappa shape index (κ3) is 9.98. The highest BCUT2D eigenvalue weighted by atomic mass is 19.1. The van der Waals surface area contributed by atoms with Crippen LogP contribution in [0.25, 0.3) is 0 Å². The van der Waals surface area contributed by atoms with E-state index in [2.05, 4.69) is 4.90 Å². The monoisotopic (exact) mass is 684 g/mol. The number of hydrogen-bond acceptors (Lipinski definition) is 6. The van der Waals surface area contributed by atoms with Crippen molar-refractivity contribution < 1.29 is 32.6 Å². The lowest BCUT2D eigenvalue weighted by molar-refractivity contribution is -0.173. The molecule has 1 aliphatic heterocycles. The van der Waals surface area contributed by atoms with E-state index in [1.54, 1.807) is 20.8 Å². The van der Waals surface area contributed by atoms with Gasteiger partial charge in [-0.15, -0.1) is 0 Å². The molecule has 264 valence electrons. The van der Waals surface area contributed by atoms with Crippen LogP contribution in [0.3, 0.4) is 0 Å². The summed E-state index contributed by atoms with van der Waals surface area (Å²) in [5.74, 6) is -1.90. The van der Waals surface area contributed by atoms with E-state index in [4.69, 9.17) is 14.2 Å². The van der Waals surface area contributed by atoms with E-state index >= 15 is 0 Å². The Labute approximate surface area is 293 Å². The van der Waals surface area contributed by atoms with Crippen LogP contribution in [0.15, 0.2) is 109 Å². The van der Waals surface area contributed by atoms with Gasteiger partial charge in [-0.25, -0.2) is 18.4 Å². The molecule has 7 nitrogen and oxygen atoms in total. The largest absolute Gasteiger partial charge is 0.462 e. The SMILES string of the molecule is CCC1C(=O)OCC(C(OCc2ccccc2)C(Cc2cc(F)cc(F)c2)N(Cc2ccccc2)Cc2ccccc2)N1C(=O)OC(C)(C)C. The Kier molecular flexibility index (Phi) is 12.4. The predicted molar refractivity (Wildman–Crippen MR) is 188 cm³/mol. The number of cyclic esters (lactones) is 1. The van der Waals surface area contributed by atoms with Crippen molar-refractivity contribution >= 4 is 12.1 Å². The third-order valence-electron chi connectivity index (χ3n) is 8.69. The van der Waals surface area contributed by atoms with Gasteiger partial charge in [-0.3, -0.25) is 9.80 Å². The molecule has 0 saturated carbocycles. The first-order valence-corrected chi connectivity index (χ1v) is 17.1. The van der Waals surface area contributed by atoms with Crippen molar-refractivity contribution in [1.29, 1.82) is 0 Å². The van der Waals surface area contributed by atoms with Crippen molar-refractivity contribution in [1.82, 2.24) is 9.80 Å². The second-order valence-corrected chi connectivity index (χ2v) is 13.7. The van der Waals surface area contributed by atoms with E-state index < -0.39 is 53.5 Å². The Balaban J connectivity index is 1.67. The summed E-state index contributed by atoms with van der Waals surface area (Å²) in [6.45, 7) is 8.08. The Morgan fingerprint density at radius 1 is 0.840 bits per heavy atom. The van der Waals surface area contributed by atoms with Crippen molar-refractivity contribution in [3.8, 4) is 0 Å². The van der Waals surface area contributed by atoms with Crippen LogP contribution in [0.4, 0.5) is 13.6 Å². The molecule has 0 radical (unpaired) electrons. The topological polar surface area (TPSA) is 68.3 Å². The fourth-order valence-corrected chi connectivity index (χ4v) is 6.48. The molecule has 50 heavy (non-hydrogen) atoms. The van der Waals surface area contributed by atoms with E-state index in [0.29, 0.717) is 18.7 Å². The molecule has 1 heterocycles. The van der Waals surface area contributed by atoms with Crippen LogP contribution >= 0.6 is 0 Å². The molecular formula is C41H46F2N2O5.